The number of ether oxygens (including phenoxy) is 1. The Morgan fingerprint density at radius 1 is 0.857 bits per heavy atom. The van der Waals surface area contributed by atoms with Crippen LogP contribution in [0.5, 0.6) is 11.5 Å². The molecule has 0 N–H and O–H groups in total. The van der Waals surface area contributed by atoms with Gasteiger partial charge >= 0.3 is 0 Å². The maximum Gasteiger partial charge on any atom is 0.178 e. The molecular formula is C22H26ClNO3S. The SMILES string of the molecule is O=S(=O)(CC1CCN(CC2CC2)CC1)c1ccc(Oc2ccc(Cl)cc2)cc1. The molecule has 0 bridgehead atoms. The van der Waals surface area contributed by atoms with Gasteiger partial charge in [0.2, 0.25) is 0 Å². The largest absolute Gasteiger partial charge is 0.457 e. The lowest BCUT2D eigenvalue weighted by Gasteiger charge is -2.31. The summed E-state index contributed by atoms with van der Waals surface area (Å²) in [7, 11) is -3.27. The van der Waals surface area contributed by atoms with E-state index in [1.165, 1.54) is 19.4 Å². The van der Waals surface area contributed by atoms with Gasteiger partial charge < -0.3 is 9.64 Å². The molecule has 1 saturated heterocycles. The van der Waals surface area contributed by atoms with Crippen molar-refractivity contribution in [1.29, 1.82) is 0 Å². The lowest BCUT2D eigenvalue weighted by molar-refractivity contribution is 0.187. The molecule has 4 nitrogen and oxygen atoms in total. The van der Waals surface area contributed by atoms with Gasteiger partial charge in [-0.15, -0.1) is 0 Å². The molecule has 6 heteroatoms. The van der Waals surface area contributed by atoms with Crippen LogP contribution in [0.15, 0.2) is 53.4 Å². The van der Waals surface area contributed by atoms with Gasteiger partial charge in [0.05, 0.1) is 10.6 Å². The van der Waals surface area contributed by atoms with Crippen LogP contribution in [0, 0.1) is 11.8 Å². The maximum atomic E-state index is 12.8. The average Bonchev–Trinajstić information content (AvgIpc) is 3.50. The fourth-order valence-corrected chi connectivity index (χ4v) is 5.58. The minimum atomic E-state index is -3.27. The molecule has 150 valence electrons. The molecule has 0 spiro atoms. The first-order chi connectivity index (χ1) is 13.5. The third-order valence-electron chi connectivity index (χ3n) is 5.61. The summed E-state index contributed by atoms with van der Waals surface area (Å²) in [5, 5.41) is 0.646. The van der Waals surface area contributed by atoms with Crippen LogP contribution in [-0.4, -0.2) is 38.7 Å². The van der Waals surface area contributed by atoms with E-state index in [-0.39, 0.29) is 11.7 Å². The van der Waals surface area contributed by atoms with Gasteiger partial charge in [-0.25, -0.2) is 8.42 Å². The van der Waals surface area contributed by atoms with Gasteiger partial charge in [0.25, 0.3) is 0 Å². The van der Waals surface area contributed by atoms with E-state index in [1.54, 1.807) is 48.5 Å². The van der Waals surface area contributed by atoms with Crippen molar-refractivity contribution in [2.75, 3.05) is 25.4 Å². The van der Waals surface area contributed by atoms with E-state index in [0.29, 0.717) is 21.4 Å². The standard InChI is InChI=1S/C22H26ClNO3S/c23-19-3-5-20(6-4-19)27-21-7-9-22(10-8-21)28(25,26)16-18-11-13-24(14-12-18)15-17-1-2-17/h3-10,17-18H,1-2,11-16H2. The van der Waals surface area contributed by atoms with Gasteiger partial charge in [0.15, 0.2) is 9.84 Å². The molecule has 0 unspecified atom stereocenters. The van der Waals surface area contributed by atoms with Crippen LogP contribution < -0.4 is 4.74 Å². The van der Waals surface area contributed by atoms with E-state index >= 15 is 0 Å². The van der Waals surface area contributed by atoms with Crippen LogP contribution in [0.25, 0.3) is 0 Å². The molecule has 28 heavy (non-hydrogen) atoms. The van der Waals surface area contributed by atoms with E-state index in [1.807, 2.05) is 0 Å². The highest BCUT2D eigenvalue weighted by Gasteiger charge is 2.29. The number of benzene rings is 2. The second-order valence-corrected chi connectivity index (χ2v) is 10.5. The molecule has 0 atom stereocenters. The van der Waals surface area contributed by atoms with Crippen molar-refractivity contribution in [2.24, 2.45) is 11.8 Å². The highest BCUT2D eigenvalue weighted by atomic mass is 35.5. The quantitative estimate of drug-likeness (QED) is 0.631. The van der Waals surface area contributed by atoms with E-state index in [4.69, 9.17) is 16.3 Å². The third kappa shape index (κ3) is 5.28. The van der Waals surface area contributed by atoms with E-state index in [2.05, 4.69) is 4.90 Å². The summed E-state index contributed by atoms with van der Waals surface area (Å²) in [6, 6.07) is 13.8. The minimum Gasteiger partial charge on any atom is -0.457 e. The molecule has 4 rings (SSSR count). The van der Waals surface area contributed by atoms with Gasteiger partial charge in [0, 0.05) is 11.6 Å². The second kappa shape index (κ2) is 8.44. The highest BCUT2D eigenvalue weighted by molar-refractivity contribution is 7.91. The molecule has 2 fully saturated rings. The molecule has 0 aromatic heterocycles. The summed E-state index contributed by atoms with van der Waals surface area (Å²) >= 11 is 5.87. The molecule has 2 aromatic carbocycles. The topological polar surface area (TPSA) is 46.6 Å². The Labute approximate surface area is 172 Å². The zero-order valence-corrected chi connectivity index (χ0v) is 17.5. The molecular weight excluding hydrogens is 394 g/mol. The third-order valence-corrected chi connectivity index (χ3v) is 7.76. The van der Waals surface area contributed by atoms with Gasteiger partial charge in [-0.05, 0) is 99.1 Å². The van der Waals surface area contributed by atoms with Crippen molar-refractivity contribution in [1.82, 2.24) is 4.90 Å². The Morgan fingerprint density at radius 3 is 2.00 bits per heavy atom. The fourth-order valence-electron chi connectivity index (χ4n) is 3.76. The molecule has 1 aliphatic carbocycles. The Morgan fingerprint density at radius 2 is 1.43 bits per heavy atom. The maximum absolute atomic E-state index is 12.8. The average molecular weight is 420 g/mol. The van der Waals surface area contributed by atoms with Crippen molar-refractivity contribution >= 4 is 21.4 Å². The minimum absolute atomic E-state index is 0.238. The summed E-state index contributed by atoms with van der Waals surface area (Å²) in [6.45, 7) is 3.27. The number of likely N-dealkylation sites (tertiary alicyclic amines) is 1. The number of sulfone groups is 1. The van der Waals surface area contributed by atoms with Crippen molar-refractivity contribution < 1.29 is 13.2 Å². The molecule has 1 aliphatic heterocycles. The van der Waals surface area contributed by atoms with E-state index in [9.17, 15) is 8.42 Å². The van der Waals surface area contributed by atoms with Crippen LogP contribution in [0.4, 0.5) is 0 Å². The summed E-state index contributed by atoms with van der Waals surface area (Å²) in [5.41, 5.74) is 0. The number of nitrogens with zero attached hydrogens (tertiary/aromatic N) is 1. The van der Waals surface area contributed by atoms with Gasteiger partial charge in [-0.1, -0.05) is 11.6 Å². The van der Waals surface area contributed by atoms with Gasteiger partial charge in [0.1, 0.15) is 11.5 Å². The molecule has 0 amide bonds. The van der Waals surface area contributed by atoms with Crippen LogP contribution in [-0.2, 0) is 9.84 Å². The smallest absolute Gasteiger partial charge is 0.178 e. The number of hydrogen-bond donors (Lipinski definition) is 0. The molecule has 2 aliphatic rings. The number of piperidine rings is 1. The zero-order valence-electron chi connectivity index (χ0n) is 15.9. The predicted molar refractivity (Wildman–Crippen MR) is 112 cm³/mol. The Balaban J connectivity index is 1.33. The highest BCUT2D eigenvalue weighted by Crippen LogP contribution is 2.32. The van der Waals surface area contributed by atoms with E-state index in [0.717, 1.165) is 31.8 Å². The lowest BCUT2D eigenvalue weighted by atomic mass is 9.99. The number of halogens is 1. The van der Waals surface area contributed by atoms with Gasteiger partial charge in [-0.3, -0.25) is 0 Å². The number of hydrogen-bond acceptors (Lipinski definition) is 4. The monoisotopic (exact) mass is 419 g/mol. The predicted octanol–water partition coefficient (Wildman–Crippen LogP) is 5.03. The number of rotatable bonds is 7. The molecule has 2 aromatic rings. The van der Waals surface area contributed by atoms with Crippen molar-refractivity contribution in [3.8, 4) is 11.5 Å². The normalized spacial score (nSPS) is 18.9. The van der Waals surface area contributed by atoms with E-state index < -0.39 is 9.84 Å². The lowest BCUT2D eigenvalue weighted by Crippen LogP contribution is -2.37. The van der Waals surface area contributed by atoms with Crippen molar-refractivity contribution in [2.45, 2.75) is 30.6 Å². The second-order valence-electron chi connectivity index (χ2n) is 8.00. The molecule has 0 radical (unpaired) electrons. The Kier molecular flexibility index (Phi) is 5.95. The van der Waals surface area contributed by atoms with Crippen LogP contribution in [0.3, 0.4) is 0 Å². The summed E-state index contributed by atoms with van der Waals surface area (Å²) in [6.07, 6.45) is 4.69. The Bertz CT molecular complexity index is 884. The molecule has 1 heterocycles. The first kappa shape index (κ1) is 19.7. The first-order valence-corrected chi connectivity index (χ1v) is 12.0. The summed E-state index contributed by atoms with van der Waals surface area (Å²) in [4.78, 5) is 2.88. The fraction of sp³-hybridized carbons (Fsp3) is 0.455. The summed E-state index contributed by atoms with van der Waals surface area (Å²) in [5.74, 6) is 2.66. The van der Waals surface area contributed by atoms with Gasteiger partial charge in [-0.2, -0.15) is 0 Å². The first-order valence-electron chi connectivity index (χ1n) is 9.96. The summed E-state index contributed by atoms with van der Waals surface area (Å²) < 4.78 is 31.4. The van der Waals surface area contributed by atoms with Crippen LogP contribution in [0.2, 0.25) is 5.02 Å². The van der Waals surface area contributed by atoms with Crippen LogP contribution in [0.1, 0.15) is 25.7 Å². The van der Waals surface area contributed by atoms with Crippen molar-refractivity contribution in [3.63, 3.8) is 0 Å². The zero-order chi connectivity index (χ0) is 19.6. The Hall–Kier alpha value is -1.56. The van der Waals surface area contributed by atoms with Crippen LogP contribution >= 0.6 is 11.6 Å². The van der Waals surface area contributed by atoms with Crippen molar-refractivity contribution in [3.05, 3.63) is 53.6 Å². The molecule has 1 saturated carbocycles.